The minimum absolute atomic E-state index is 0.0575. The van der Waals surface area contributed by atoms with Crippen molar-refractivity contribution >= 4 is 5.71 Å². The minimum Gasteiger partial charge on any atom is -0.466 e. The van der Waals surface area contributed by atoms with Crippen LogP contribution in [-0.4, -0.2) is 10.9 Å². The molecular formula is C13H21NO2. The number of fused-ring (bicyclic) bond motifs is 1. The topological polar surface area (TPSA) is 45.7 Å². The van der Waals surface area contributed by atoms with Crippen LogP contribution in [0.5, 0.6) is 0 Å². The first-order chi connectivity index (χ1) is 7.54. The Bertz CT molecular complexity index is 389. The second-order valence-electron chi connectivity index (χ2n) is 4.53. The number of oxime groups is 1. The van der Waals surface area contributed by atoms with Gasteiger partial charge in [0.1, 0.15) is 11.5 Å². The summed E-state index contributed by atoms with van der Waals surface area (Å²) in [5.41, 5.74) is 1.66. The van der Waals surface area contributed by atoms with Crippen LogP contribution in [0.2, 0.25) is 0 Å². The number of hydrogen-bond acceptors (Lipinski definition) is 3. The third-order valence-electron chi connectivity index (χ3n) is 2.91. The van der Waals surface area contributed by atoms with Gasteiger partial charge in [0.2, 0.25) is 0 Å². The highest BCUT2D eigenvalue weighted by Gasteiger charge is 2.34. The molecule has 0 atom stereocenters. The molecule has 0 spiro atoms. The molecular weight excluding hydrogens is 202 g/mol. The lowest BCUT2D eigenvalue weighted by atomic mass is 9.75. The highest BCUT2D eigenvalue weighted by molar-refractivity contribution is 6.05. The van der Waals surface area contributed by atoms with E-state index in [1.165, 1.54) is 0 Å². The lowest BCUT2D eigenvalue weighted by Gasteiger charge is -2.29. The summed E-state index contributed by atoms with van der Waals surface area (Å²) < 4.78 is 5.54. The summed E-state index contributed by atoms with van der Waals surface area (Å²) in [6, 6.07) is 1.95. The van der Waals surface area contributed by atoms with E-state index in [0.29, 0.717) is 0 Å². The average Bonchev–Trinajstić information content (AvgIpc) is 2.61. The van der Waals surface area contributed by atoms with Crippen LogP contribution in [0.25, 0.3) is 0 Å². The Morgan fingerprint density at radius 2 is 2.00 bits per heavy atom. The molecule has 16 heavy (non-hydrogen) atoms. The zero-order valence-electron chi connectivity index (χ0n) is 10.8. The largest absolute Gasteiger partial charge is 0.466 e. The van der Waals surface area contributed by atoms with Crippen LogP contribution >= 0.6 is 0 Å². The van der Waals surface area contributed by atoms with Gasteiger partial charge in [-0.3, -0.25) is 0 Å². The fourth-order valence-corrected chi connectivity index (χ4v) is 2.05. The van der Waals surface area contributed by atoms with Crippen molar-refractivity contribution in [3.63, 3.8) is 0 Å². The van der Waals surface area contributed by atoms with Crippen LogP contribution in [0.1, 0.15) is 51.2 Å². The fraction of sp³-hybridized carbons (Fsp3) is 0.615. The summed E-state index contributed by atoms with van der Waals surface area (Å²) in [5, 5.41) is 12.4. The van der Waals surface area contributed by atoms with Gasteiger partial charge in [-0.1, -0.05) is 32.9 Å². The van der Waals surface area contributed by atoms with Crippen molar-refractivity contribution in [2.45, 2.75) is 47.5 Å². The van der Waals surface area contributed by atoms with Crippen LogP contribution < -0.4 is 0 Å². The smallest absolute Gasteiger partial charge is 0.113 e. The predicted molar refractivity (Wildman–Crippen MR) is 65.2 cm³/mol. The maximum Gasteiger partial charge on any atom is 0.113 e. The lowest BCUT2D eigenvalue weighted by molar-refractivity contribution is 0.303. The second-order valence-corrected chi connectivity index (χ2v) is 4.53. The van der Waals surface area contributed by atoms with Gasteiger partial charge in [-0.05, 0) is 19.4 Å². The average molecular weight is 223 g/mol. The maximum atomic E-state index is 9.03. The van der Waals surface area contributed by atoms with Gasteiger partial charge in [0.25, 0.3) is 0 Å². The highest BCUT2D eigenvalue weighted by atomic mass is 16.4. The third kappa shape index (κ3) is 2.13. The number of nitrogens with zero attached hydrogens (tertiary/aromatic N) is 1. The quantitative estimate of drug-likeness (QED) is 0.537. The van der Waals surface area contributed by atoms with Gasteiger partial charge >= 0.3 is 0 Å². The van der Waals surface area contributed by atoms with Crippen molar-refractivity contribution in [1.29, 1.82) is 0 Å². The number of furan rings is 1. The maximum absolute atomic E-state index is 9.03. The normalized spacial score (nSPS) is 19.9. The standard InChI is InChI=1S/C11H15NO2.C2H6/c1-7-6-8-9(14-7)4-5-11(2,3)10(8)12-13;1-2/h6,13H,4-5H2,1-3H3;1-2H3/b12-10+;. The Morgan fingerprint density at radius 3 is 2.56 bits per heavy atom. The first-order valence-electron chi connectivity index (χ1n) is 5.87. The van der Waals surface area contributed by atoms with Crippen molar-refractivity contribution in [2.75, 3.05) is 0 Å². The Balaban J connectivity index is 0.000000606. The lowest BCUT2D eigenvalue weighted by Crippen LogP contribution is -2.30. The van der Waals surface area contributed by atoms with E-state index in [-0.39, 0.29) is 5.41 Å². The van der Waals surface area contributed by atoms with Gasteiger partial charge in [-0.2, -0.15) is 0 Å². The molecule has 2 rings (SSSR count). The van der Waals surface area contributed by atoms with Crippen molar-refractivity contribution in [3.8, 4) is 0 Å². The predicted octanol–water partition coefficient (Wildman–Crippen LogP) is 3.76. The summed E-state index contributed by atoms with van der Waals surface area (Å²) in [7, 11) is 0. The molecule has 0 saturated heterocycles. The molecule has 0 aliphatic heterocycles. The molecule has 0 amide bonds. The number of hydrogen-bond donors (Lipinski definition) is 1. The Hall–Kier alpha value is -1.25. The molecule has 0 aromatic carbocycles. The van der Waals surface area contributed by atoms with Gasteiger partial charge in [0, 0.05) is 17.4 Å². The molecule has 90 valence electrons. The summed E-state index contributed by atoms with van der Waals surface area (Å²) in [4.78, 5) is 0. The zero-order chi connectivity index (χ0) is 12.3. The molecule has 3 heteroatoms. The second kappa shape index (κ2) is 4.73. The molecule has 0 unspecified atom stereocenters. The molecule has 0 fully saturated rings. The molecule has 1 N–H and O–H groups in total. The van der Waals surface area contributed by atoms with Gasteiger partial charge in [0.05, 0.1) is 5.71 Å². The summed E-state index contributed by atoms with van der Waals surface area (Å²) in [5.74, 6) is 1.84. The van der Waals surface area contributed by atoms with Crippen LogP contribution in [0, 0.1) is 12.3 Å². The van der Waals surface area contributed by atoms with Crippen LogP contribution in [0.4, 0.5) is 0 Å². The Morgan fingerprint density at radius 1 is 1.38 bits per heavy atom. The summed E-state index contributed by atoms with van der Waals surface area (Å²) in [6.07, 6.45) is 1.89. The molecule has 3 nitrogen and oxygen atoms in total. The highest BCUT2D eigenvalue weighted by Crippen LogP contribution is 2.36. The Labute approximate surface area is 97.2 Å². The first kappa shape index (κ1) is 12.8. The third-order valence-corrected chi connectivity index (χ3v) is 2.91. The Kier molecular flexibility index (Phi) is 3.79. The van der Waals surface area contributed by atoms with Crippen LogP contribution in [0.3, 0.4) is 0 Å². The van der Waals surface area contributed by atoms with Crippen molar-refractivity contribution in [1.82, 2.24) is 0 Å². The van der Waals surface area contributed by atoms with Gasteiger partial charge < -0.3 is 9.62 Å². The number of aryl methyl sites for hydroxylation is 2. The van der Waals surface area contributed by atoms with Crippen molar-refractivity contribution in [2.24, 2.45) is 10.6 Å². The molecule has 1 aromatic heterocycles. The van der Waals surface area contributed by atoms with Crippen LogP contribution in [-0.2, 0) is 6.42 Å². The van der Waals surface area contributed by atoms with Crippen molar-refractivity contribution < 1.29 is 9.62 Å². The van der Waals surface area contributed by atoms with E-state index >= 15 is 0 Å². The fourth-order valence-electron chi connectivity index (χ4n) is 2.05. The van der Waals surface area contributed by atoms with E-state index in [9.17, 15) is 0 Å². The molecule has 0 bridgehead atoms. The zero-order valence-corrected chi connectivity index (χ0v) is 10.8. The van der Waals surface area contributed by atoms with Gasteiger partial charge in [-0.25, -0.2) is 0 Å². The SMILES string of the molecule is CC.Cc1cc2c(o1)CCC(C)(C)/C2=N/O. The molecule has 0 saturated carbocycles. The van der Waals surface area contributed by atoms with E-state index in [2.05, 4.69) is 19.0 Å². The van der Waals surface area contributed by atoms with E-state index in [1.54, 1.807) is 0 Å². The van der Waals surface area contributed by atoms with Crippen LogP contribution in [0.15, 0.2) is 15.6 Å². The molecule has 1 aromatic rings. The summed E-state index contributed by atoms with van der Waals surface area (Å²) in [6.45, 7) is 10.1. The molecule has 1 aliphatic rings. The van der Waals surface area contributed by atoms with E-state index in [1.807, 2.05) is 26.8 Å². The van der Waals surface area contributed by atoms with Gasteiger partial charge in [0.15, 0.2) is 0 Å². The van der Waals surface area contributed by atoms with Gasteiger partial charge in [-0.15, -0.1) is 0 Å². The van der Waals surface area contributed by atoms with Crippen molar-refractivity contribution in [3.05, 3.63) is 23.2 Å². The van der Waals surface area contributed by atoms with E-state index in [4.69, 9.17) is 9.62 Å². The molecule has 1 heterocycles. The van der Waals surface area contributed by atoms with E-state index < -0.39 is 0 Å². The summed E-state index contributed by atoms with van der Waals surface area (Å²) >= 11 is 0. The minimum atomic E-state index is -0.0575. The molecule has 0 radical (unpaired) electrons. The monoisotopic (exact) mass is 223 g/mol. The van der Waals surface area contributed by atoms with E-state index in [0.717, 1.165) is 35.6 Å². The first-order valence-corrected chi connectivity index (χ1v) is 5.87. The molecule has 1 aliphatic carbocycles. The number of rotatable bonds is 0.